The summed E-state index contributed by atoms with van der Waals surface area (Å²) in [5.41, 5.74) is 5.46. The van der Waals surface area contributed by atoms with Gasteiger partial charge in [-0.3, -0.25) is 4.98 Å². The van der Waals surface area contributed by atoms with E-state index >= 15 is 0 Å². The van der Waals surface area contributed by atoms with E-state index in [1.807, 2.05) is 48.7 Å². The molecule has 0 radical (unpaired) electrons. The second-order valence-electron chi connectivity index (χ2n) is 7.43. The molecule has 7 heteroatoms. The Labute approximate surface area is 183 Å². The molecule has 156 valence electrons. The Morgan fingerprint density at radius 1 is 1.13 bits per heavy atom. The van der Waals surface area contributed by atoms with Gasteiger partial charge in [-0.15, -0.1) is 11.3 Å². The molecule has 0 spiro atoms. The lowest BCUT2D eigenvalue weighted by Crippen LogP contribution is -2.02. The Hall–Kier alpha value is -3.42. The van der Waals surface area contributed by atoms with Gasteiger partial charge < -0.3 is 20.4 Å². The predicted octanol–water partition coefficient (Wildman–Crippen LogP) is 5.25. The first-order valence-corrected chi connectivity index (χ1v) is 10.8. The molecule has 31 heavy (non-hydrogen) atoms. The zero-order chi connectivity index (χ0) is 21.4. The summed E-state index contributed by atoms with van der Waals surface area (Å²) in [6.07, 6.45) is 4.38. The number of hydrogen-bond acceptors (Lipinski definition) is 7. The smallest absolute Gasteiger partial charge is 0.118 e. The number of rotatable bonds is 5. The number of nitrogens with zero attached hydrogens (tertiary/aromatic N) is 2. The highest BCUT2D eigenvalue weighted by molar-refractivity contribution is 7.19. The van der Waals surface area contributed by atoms with E-state index in [0.29, 0.717) is 0 Å². The van der Waals surface area contributed by atoms with Gasteiger partial charge in [-0.05, 0) is 54.3 Å². The number of fused-ring (bicyclic) bond motifs is 2. The van der Waals surface area contributed by atoms with Gasteiger partial charge in [-0.2, -0.15) is 0 Å². The Morgan fingerprint density at radius 2 is 1.97 bits per heavy atom. The molecule has 1 aliphatic rings. The number of oxime groups is 1. The van der Waals surface area contributed by atoms with Gasteiger partial charge in [0.25, 0.3) is 0 Å². The average Bonchev–Trinajstić information content (AvgIpc) is 3.40. The van der Waals surface area contributed by atoms with Crippen LogP contribution in [0.15, 0.2) is 66.1 Å². The molecule has 0 saturated carbocycles. The third kappa shape index (κ3) is 3.52. The maximum Gasteiger partial charge on any atom is 0.118 e. The van der Waals surface area contributed by atoms with Crippen molar-refractivity contribution in [3.8, 4) is 5.75 Å². The van der Waals surface area contributed by atoms with Crippen LogP contribution >= 0.6 is 11.3 Å². The third-order valence-electron chi connectivity index (χ3n) is 5.64. The Bertz CT molecular complexity index is 1280. The third-order valence-corrected chi connectivity index (χ3v) is 6.83. The number of aliphatic hydroxyl groups excluding tert-OH is 1. The predicted molar refractivity (Wildman–Crippen MR) is 123 cm³/mol. The SMILES string of the molecule is COc1ccc(C(O)c2sc3cnccc3c2Nc2ccc3c(c2)CCC3=NO)cc1. The number of ether oxygens (including phenoxy) is 1. The second-order valence-corrected chi connectivity index (χ2v) is 8.52. The quantitative estimate of drug-likeness (QED) is 0.297. The summed E-state index contributed by atoms with van der Waals surface area (Å²) in [6.45, 7) is 0. The fourth-order valence-electron chi connectivity index (χ4n) is 4.02. The van der Waals surface area contributed by atoms with Crippen LogP contribution in [0.25, 0.3) is 10.1 Å². The van der Waals surface area contributed by atoms with Crippen molar-refractivity contribution in [3.63, 3.8) is 0 Å². The maximum absolute atomic E-state index is 11.2. The van der Waals surface area contributed by atoms with E-state index in [4.69, 9.17) is 4.74 Å². The van der Waals surface area contributed by atoms with Crippen LogP contribution in [0.5, 0.6) is 5.75 Å². The van der Waals surface area contributed by atoms with Crippen molar-refractivity contribution in [2.24, 2.45) is 5.16 Å². The fourth-order valence-corrected chi connectivity index (χ4v) is 5.17. The van der Waals surface area contributed by atoms with E-state index in [2.05, 4.69) is 21.5 Å². The van der Waals surface area contributed by atoms with Crippen LogP contribution < -0.4 is 10.1 Å². The van der Waals surface area contributed by atoms with Gasteiger partial charge in [-0.1, -0.05) is 23.4 Å². The number of pyridine rings is 1. The lowest BCUT2D eigenvalue weighted by molar-refractivity contribution is 0.225. The summed E-state index contributed by atoms with van der Waals surface area (Å²) in [4.78, 5) is 5.07. The molecule has 0 aliphatic heterocycles. The number of thiophene rings is 1. The summed E-state index contributed by atoms with van der Waals surface area (Å²) >= 11 is 1.53. The molecule has 3 N–H and O–H groups in total. The van der Waals surface area contributed by atoms with Crippen LogP contribution in [-0.4, -0.2) is 28.1 Å². The number of aliphatic hydroxyl groups is 1. The van der Waals surface area contributed by atoms with E-state index in [1.165, 1.54) is 11.3 Å². The number of nitrogens with one attached hydrogen (secondary N) is 1. The van der Waals surface area contributed by atoms with E-state index in [1.54, 1.807) is 13.3 Å². The van der Waals surface area contributed by atoms with E-state index in [0.717, 1.165) is 67.3 Å². The molecule has 0 fully saturated rings. The number of methoxy groups -OCH3 is 1. The molecular weight excluding hydrogens is 410 g/mol. The molecule has 0 saturated heterocycles. The molecular formula is C24H21N3O3S. The molecule has 1 unspecified atom stereocenters. The number of benzene rings is 2. The number of aryl methyl sites for hydroxylation is 1. The Balaban J connectivity index is 1.55. The van der Waals surface area contributed by atoms with Gasteiger partial charge in [0.2, 0.25) is 0 Å². The molecule has 4 aromatic rings. The summed E-state index contributed by atoms with van der Waals surface area (Å²) < 4.78 is 6.24. The summed E-state index contributed by atoms with van der Waals surface area (Å²) in [5.74, 6) is 0.749. The minimum absolute atomic E-state index is 0.726. The minimum atomic E-state index is -0.784. The monoisotopic (exact) mass is 431 g/mol. The number of aromatic nitrogens is 1. The zero-order valence-corrected chi connectivity index (χ0v) is 17.7. The van der Waals surface area contributed by atoms with Gasteiger partial charge in [-0.25, -0.2) is 0 Å². The van der Waals surface area contributed by atoms with Gasteiger partial charge >= 0.3 is 0 Å². The number of anilines is 2. The van der Waals surface area contributed by atoms with E-state index in [9.17, 15) is 10.3 Å². The molecule has 1 atom stereocenters. The Morgan fingerprint density at radius 3 is 2.74 bits per heavy atom. The van der Waals surface area contributed by atoms with Crippen molar-refractivity contribution in [2.45, 2.75) is 18.9 Å². The molecule has 2 aromatic heterocycles. The first-order chi connectivity index (χ1) is 15.2. The van der Waals surface area contributed by atoms with Crippen molar-refractivity contribution < 1.29 is 15.1 Å². The van der Waals surface area contributed by atoms with Crippen LogP contribution in [0.2, 0.25) is 0 Å². The average molecular weight is 432 g/mol. The summed E-state index contributed by atoms with van der Waals surface area (Å²) in [6, 6.07) is 15.5. The van der Waals surface area contributed by atoms with Crippen molar-refractivity contribution in [1.82, 2.24) is 4.98 Å². The van der Waals surface area contributed by atoms with Gasteiger partial charge in [0, 0.05) is 29.0 Å². The molecule has 6 nitrogen and oxygen atoms in total. The van der Waals surface area contributed by atoms with E-state index < -0.39 is 6.10 Å². The van der Waals surface area contributed by atoms with Crippen LogP contribution in [-0.2, 0) is 6.42 Å². The highest BCUT2D eigenvalue weighted by Gasteiger charge is 2.22. The summed E-state index contributed by atoms with van der Waals surface area (Å²) in [5, 5.41) is 28.3. The van der Waals surface area contributed by atoms with Crippen LogP contribution in [0.4, 0.5) is 11.4 Å². The Kier molecular flexibility index (Phi) is 5.05. The lowest BCUT2D eigenvalue weighted by Gasteiger charge is -2.15. The van der Waals surface area contributed by atoms with Crippen molar-refractivity contribution in [2.75, 3.05) is 12.4 Å². The van der Waals surface area contributed by atoms with Crippen LogP contribution in [0.1, 0.15) is 34.1 Å². The van der Waals surface area contributed by atoms with Gasteiger partial charge in [0.1, 0.15) is 11.9 Å². The summed E-state index contributed by atoms with van der Waals surface area (Å²) in [7, 11) is 1.62. The lowest BCUT2D eigenvalue weighted by atomic mass is 10.1. The van der Waals surface area contributed by atoms with Gasteiger partial charge in [0.05, 0.1) is 28.1 Å². The van der Waals surface area contributed by atoms with E-state index in [-0.39, 0.29) is 0 Å². The fraction of sp³-hybridized carbons (Fsp3) is 0.167. The highest BCUT2D eigenvalue weighted by atomic mass is 32.1. The van der Waals surface area contributed by atoms with Crippen molar-refractivity contribution >= 4 is 38.5 Å². The topological polar surface area (TPSA) is 87.0 Å². The zero-order valence-electron chi connectivity index (χ0n) is 16.9. The molecule has 1 aliphatic carbocycles. The molecule has 0 amide bonds. The molecule has 5 rings (SSSR count). The largest absolute Gasteiger partial charge is 0.497 e. The van der Waals surface area contributed by atoms with Crippen LogP contribution in [0, 0.1) is 0 Å². The normalized spacial score (nSPS) is 15.2. The molecule has 0 bridgehead atoms. The van der Waals surface area contributed by atoms with Crippen molar-refractivity contribution in [1.29, 1.82) is 0 Å². The van der Waals surface area contributed by atoms with Crippen molar-refractivity contribution in [3.05, 3.63) is 82.5 Å². The minimum Gasteiger partial charge on any atom is -0.497 e. The van der Waals surface area contributed by atoms with Crippen LogP contribution in [0.3, 0.4) is 0 Å². The number of hydrogen-bond donors (Lipinski definition) is 3. The standard InChI is InChI=1S/C24H21N3O3S/c1-30-17-6-2-14(3-7-17)23(28)24-22(19-10-11-25-13-21(19)31-24)26-16-5-8-18-15(12-16)4-9-20(18)27-29/h2-3,5-8,10-13,23,26,28-29H,4,9H2,1H3. The van der Waals surface area contributed by atoms with Gasteiger partial charge in [0.15, 0.2) is 0 Å². The second kappa shape index (κ2) is 8.02. The molecule has 2 aromatic carbocycles. The first-order valence-electron chi connectivity index (χ1n) is 9.97. The highest BCUT2D eigenvalue weighted by Crippen LogP contribution is 2.43. The first kappa shape index (κ1) is 19.5. The maximum atomic E-state index is 11.2. The molecule has 2 heterocycles.